The van der Waals surface area contributed by atoms with Gasteiger partial charge in [0, 0.05) is 17.1 Å². The number of amides is 2. The van der Waals surface area contributed by atoms with Crippen molar-refractivity contribution in [3.8, 4) is 5.75 Å². The number of anilines is 1. The number of alkyl halides is 1. The molecule has 3 aliphatic heterocycles. The summed E-state index contributed by atoms with van der Waals surface area (Å²) in [7, 11) is 1.55. The summed E-state index contributed by atoms with van der Waals surface area (Å²) in [6.07, 6.45) is 1.64. The van der Waals surface area contributed by atoms with E-state index in [2.05, 4.69) is 22.5 Å². The lowest BCUT2D eigenvalue weighted by Gasteiger charge is -2.39. The van der Waals surface area contributed by atoms with Crippen LogP contribution < -0.4 is 9.64 Å². The smallest absolute Gasteiger partial charge is 0.310 e. The van der Waals surface area contributed by atoms with Crippen LogP contribution in [0.3, 0.4) is 0 Å². The number of aliphatic hydroxyl groups is 1. The molecular weight excluding hydrogens is 532 g/mol. The van der Waals surface area contributed by atoms with Crippen LogP contribution >= 0.6 is 15.9 Å². The summed E-state index contributed by atoms with van der Waals surface area (Å²) < 4.78 is 11.6. The average molecular weight is 565 g/mol. The van der Waals surface area contributed by atoms with Crippen LogP contribution in [-0.4, -0.2) is 81.8 Å². The van der Waals surface area contributed by atoms with E-state index in [9.17, 15) is 24.6 Å². The number of carbonyl (C=O) groups excluding carboxylic acids is 2. The Bertz CT molecular complexity index is 1030. The molecule has 3 heterocycles. The molecule has 2 N–H and O–H groups in total. The molecule has 36 heavy (non-hydrogen) atoms. The number of carboxylic acid groups (broad SMARTS) is 1. The minimum atomic E-state index is -1.31. The van der Waals surface area contributed by atoms with E-state index in [0.717, 1.165) is 0 Å². The zero-order valence-corrected chi connectivity index (χ0v) is 22.3. The van der Waals surface area contributed by atoms with Gasteiger partial charge in [-0.05, 0) is 43.0 Å². The number of aliphatic carboxylic acids is 1. The van der Waals surface area contributed by atoms with E-state index >= 15 is 0 Å². The monoisotopic (exact) mass is 564 g/mol. The zero-order valence-electron chi connectivity index (χ0n) is 20.7. The lowest BCUT2D eigenvalue weighted by Crippen LogP contribution is -2.59. The number of carboxylic acids is 1. The lowest BCUT2D eigenvalue weighted by atomic mass is 9.70. The molecule has 2 amide bonds. The zero-order chi connectivity index (χ0) is 26.4. The highest BCUT2D eigenvalue weighted by molar-refractivity contribution is 9.09. The number of nitrogens with zero attached hydrogens (tertiary/aromatic N) is 2. The molecule has 1 spiro atoms. The first-order valence-corrected chi connectivity index (χ1v) is 13.1. The Balaban J connectivity index is 1.83. The molecule has 1 aromatic rings. The third kappa shape index (κ3) is 4.13. The average Bonchev–Trinajstić information content (AvgIpc) is 3.44. The number of methoxy groups -OCH3 is 1. The van der Waals surface area contributed by atoms with Crippen molar-refractivity contribution >= 4 is 39.4 Å². The van der Waals surface area contributed by atoms with Crippen molar-refractivity contribution < 1.29 is 34.1 Å². The van der Waals surface area contributed by atoms with Crippen molar-refractivity contribution in [3.05, 3.63) is 36.9 Å². The molecule has 196 valence electrons. The van der Waals surface area contributed by atoms with Crippen LogP contribution in [0.25, 0.3) is 0 Å². The predicted octanol–water partition coefficient (Wildman–Crippen LogP) is 2.45. The summed E-state index contributed by atoms with van der Waals surface area (Å²) in [6, 6.07) is 5.21. The van der Waals surface area contributed by atoms with E-state index in [1.54, 1.807) is 37.5 Å². The summed E-state index contributed by atoms with van der Waals surface area (Å²) >= 11 is 3.55. The van der Waals surface area contributed by atoms with E-state index in [4.69, 9.17) is 9.47 Å². The Hall–Kier alpha value is -2.43. The fraction of sp³-hybridized carbons (Fsp3) is 0.577. The molecule has 2 bridgehead atoms. The van der Waals surface area contributed by atoms with Crippen LogP contribution in [0.2, 0.25) is 0 Å². The normalized spacial score (nSPS) is 31.4. The number of rotatable bonds is 10. The molecule has 0 radical (unpaired) electrons. The van der Waals surface area contributed by atoms with Crippen LogP contribution in [0.15, 0.2) is 36.9 Å². The molecule has 3 aliphatic rings. The third-order valence-electron chi connectivity index (χ3n) is 7.56. The van der Waals surface area contributed by atoms with Crippen molar-refractivity contribution in [2.75, 3.05) is 25.2 Å². The molecule has 0 aromatic heterocycles. The summed E-state index contributed by atoms with van der Waals surface area (Å²) in [6.45, 7) is 7.56. The Morgan fingerprint density at radius 2 is 2.03 bits per heavy atom. The summed E-state index contributed by atoms with van der Waals surface area (Å²) in [4.78, 5) is 43.3. The van der Waals surface area contributed by atoms with Crippen LogP contribution in [0.1, 0.15) is 26.7 Å². The largest absolute Gasteiger partial charge is 0.497 e. The topological polar surface area (TPSA) is 117 Å². The van der Waals surface area contributed by atoms with Gasteiger partial charge in [-0.3, -0.25) is 14.4 Å². The Morgan fingerprint density at radius 1 is 1.36 bits per heavy atom. The minimum absolute atomic E-state index is 0.131. The number of likely N-dealkylation sites (tertiary alicyclic amines) is 1. The van der Waals surface area contributed by atoms with E-state index in [1.807, 2.05) is 13.8 Å². The molecule has 0 aliphatic carbocycles. The molecule has 4 rings (SSSR count). The molecule has 3 fully saturated rings. The van der Waals surface area contributed by atoms with E-state index in [1.165, 1.54) is 9.80 Å². The summed E-state index contributed by atoms with van der Waals surface area (Å²) in [5.74, 6) is -3.30. The second-order valence-corrected chi connectivity index (χ2v) is 11.3. The fourth-order valence-electron chi connectivity index (χ4n) is 6.20. The lowest BCUT2D eigenvalue weighted by molar-refractivity contribution is -0.151. The minimum Gasteiger partial charge on any atom is -0.497 e. The van der Waals surface area contributed by atoms with Gasteiger partial charge in [-0.2, -0.15) is 0 Å². The van der Waals surface area contributed by atoms with E-state index in [0.29, 0.717) is 24.3 Å². The van der Waals surface area contributed by atoms with Crippen molar-refractivity contribution in [2.24, 2.45) is 17.8 Å². The quantitative estimate of drug-likeness (QED) is 0.331. The van der Waals surface area contributed by atoms with Crippen LogP contribution in [-0.2, 0) is 19.1 Å². The highest BCUT2D eigenvalue weighted by Gasteiger charge is 2.77. The number of benzene rings is 1. The Morgan fingerprint density at radius 3 is 2.56 bits per heavy atom. The van der Waals surface area contributed by atoms with Crippen molar-refractivity contribution in [3.63, 3.8) is 0 Å². The van der Waals surface area contributed by atoms with Gasteiger partial charge in [-0.1, -0.05) is 35.9 Å². The van der Waals surface area contributed by atoms with E-state index in [-0.39, 0.29) is 23.9 Å². The summed E-state index contributed by atoms with van der Waals surface area (Å²) in [5, 5.41) is 20.4. The first kappa shape index (κ1) is 26.6. The molecule has 1 aromatic carbocycles. The summed E-state index contributed by atoms with van der Waals surface area (Å²) in [5.41, 5.74) is -0.734. The van der Waals surface area contributed by atoms with Crippen molar-refractivity contribution in [1.29, 1.82) is 0 Å². The molecule has 3 saturated heterocycles. The molecule has 7 atom stereocenters. The van der Waals surface area contributed by atoms with Gasteiger partial charge < -0.3 is 29.5 Å². The van der Waals surface area contributed by atoms with Crippen molar-refractivity contribution in [2.45, 2.75) is 55.3 Å². The predicted molar refractivity (Wildman–Crippen MR) is 136 cm³/mol. The van der Waals surface area contributed by atoms with Gasteiger partial charge in [-0.15, -0.1) is 6.58 Å². The standard InChI is InChI=1S/C26H33BrN2O7/c1-5-10-28(15-6-8-17(35-4)9-7-15)24(32)22-26-12-18(27)21(36-26)19(25(33)34)20(26)23(31)29(22)16(13-30)11-14(2)3/h5-9,14,16,18-22,30H,1,10-13H2,2-4H3,(H,33,34)/t16-,18?,19+,20-,21+,22+,26-/m1/s1. The number of hydrogen-bond acceptors (Lipinski definition) is 6. The van der Waals surface area contributed by atoms with Gasteiger partial charge in [0.25, 0.3) is 5.91 Å². The molecule has 9 nitrogen and oxygen atoms in total. The van der Waals surface area contributed by atoms with E-state index < -0.39 is 53.4 Å². The van der Waals surface area contributed by atoms with Crippen LogP contribution in [0, 0.1) is 17.8 Å². The highest BCUT2D eigenvalue weighted by Crippen LogP contribution is 2.60. The SMILES string of the molecule is C=CCN(C(=O)[C@@H]1N([C@@H](CO)CC(C)C)C(=O)[C@H]2[C@H](C(=O)O)[C@H]3O[C@@]12CC3Br)c1ccc(OC)cc1. The van der Waals surface area contributed by atoms with Gasteiger partial charge in [0.1, 0.15) is 17.4 Å². The highest BCUT2D eigenvalue weighted by atomic mass is 79.9. The Labute approximate surface area is 219 Å². The number of aliphatic hydroxyl groups excluding tert-OH is 1. The number of hydrogen-bond donors (Lipinski definition) is 2. The Kier molecular flexibility index (Phi) is 7.50. The second kappa shape index (κ2) is 10.1. The maximum atomic E-state index is 14.4. The van der Waals surface area contributed by atoms with Crippen LogP contribution in [0.5, 0.6) is 5.75 Å². The van der Waals surface area contributed by atoms with Gasteiger partial charge in [0.2, 0.25) is 5.91 Å². The molecule has 10 heteroatoms. The number of ether oxygens (including phenoxy) is 2. The van der Waals surface area contributed by atoms with Crippen molar-refractivity contribution in [1.82, 2.24) is 4.90 Å². The van der Waals surface area contributed by atoms with Crippen LogP contribution in [0.4, 0.5) is 5.69 Å². The second-order valence-electron chi connectivity index (χ2n) is 10.1. The first-order valence-electron chi connectivity index (χ1n) is 12.1. The van der Waals surface area contributed by atoms with Gasteiger partial charge >= 0.3 is 5.97 Å². The number of fused-ring (bicyclic) bond motifs is 1. The first-order chi connectivity index (χ1) is 17.1. The fourth-order valence-corrected chi connectivity index (χ4v) is 7.15. The number of halogens is 1. The molecule has 1 unspecified atom stereocenters. The third-order valence-corrected chi connectivity index (χ3v) is 8.40. The molecular formula is C26H33BrN2O7. The van der Waals surface area contributed by atoms with Gasteiger partial charge in [0.15, 0.2) is 0 Å². The van der Waals surface area contributed by atoms with Gasteiger partial charge in [-0.25, -0.2) is 0 Å². The number of carbonyl (C=O) groups is 3. The maximum Gasteiger partial charge on any atom is 0.310 e. The maximum absolute atomic E-state index is 14.4. The molecule has 0 saturated carbocycles. The van der Waals surface area contributed by atoms with Gasteiger partial charge in [0.05, 0.1) is 37.7 Å².